The first-order chi connectivity index (χ1) is 22.4. The van der Waals surface area contributed by atoms with Gasteiger partial charge >= 0.3 is 273 Å². The van der Waals surface area contributed by atoms with Crippen LogP contribution in [0.2, 0.25) is 0 Å². The van der Waals surface area contributed by atoms with Crippen molar-refractivity contribution >= 4 is 88.5 Å². The van der Waals surface area contributed by atoms with Crippen LogP contribution in [0.4, 0.5) is 17.1 Å². The Morgan fingerprint density at radius 3 is 1.11 bits per heavy atom. The van der Waals surface area contributed by atoms with E-state index in [1.165, 1.54) is 50.5 Å². The molecule has 0 saturated carbocycles. The van der Waals surface area contributed by atoms with E-state index in [4.69, 9.17) is 0 Å². The van der Waals surface area contributed by atoms with Gasteiger partial charge < -0.3 is 0 Å². The molecule has 0 heterocycles. The number of hydrogen-bond acceptors (Lipinski definition) is 8. The average Bonchev–Trinajstić information content (AvgIpc) is 3.05. The van der Waals surface area contributed by atoms with Crippen molar-refractivity contribution < 1.29 is 23.2 Å². The van der Waals surface area contributed by atoms with Crippen molar-refractivity contribution in [2.45, 2.75) is 0 Å². The fourth-order valence-electron chi connectivity index (χ4n) is 6.58. The molecule has 0 fully saturated rings. The van der Waals surface area contributed by atoms with Gasteiger partial charge in [-0.1, -0.05) is 0 Å². The Hall–Kier alpha value is -4.99. The van der Waals surface area contributed by atoms with Crippen molar-refractivity contribution in [1.29, 1.82) is 0 Å². The molecule has 12 nitrogen and oxygen atoms in total. The normalized spacial score (nSPS) is 12.1. The minimum absolute atomic E-state index is 0.00766. The predicted octanol–water partition coefficient (Wildman–Crippen LogP) is 4.77. The van der Waals surface area contributed by atoms with Gasteiger partial charge in [0.15, 0.2) is 0 Å². The first-order valence-electron chi connectivity index (χ1n) is 14.3. The van der Waals surface area contributed by atoms with Crippen LogP contribution in [0.15, 0.2) is 109 Å². The summed E-state index contributed by atoms with van der Waals surface area (Å²) in [6, 6.07) is 28.4. The fraction of sp³-hybridized carbons (Fsp3) is 0.0909. The number of benzene rings is 6. The van der Waals surface area contributed by atoms with Crippen molar-refractivity contribution in [2.24, 2.45) is 0 Å². The summed E-state index contributed by atoms with van der Waals surface area (Å²) >= 11 is -6.17. The van der Waals surface area contributed by atoms with E-state index in [2.05, 4.69) is 0 Å². The molecule has 0 spiro atoms. The summed E-state index contributed by atoms with van der Waals surface area (Å²) in [4.78, 5) is 37.2. The van der Waals surface area contributed by atoms with Gasteiger partial charge in [-0.2, -0.15) is 0 Å². The monoisotopic (exact) mass is 758 g/mol. The molecule has 0 bridgehead atoms. The van der Waals surface area contributed by atoms with E-state index in [0.29, 0.717) is 32.3 Å². The molecule has 0 aliphatic carbocycles. The SMILES string of the molecule is CN(C)S(=O)(=O)[CH2][Sn]([c]1c([N+](=O)[O-])ccc2ccccc12)([c]1c([N+](=O)[O-])ccc2ccccc12)[c]1c([N+](=O)[O-])ccc2ccccc12. The summed E-state index contributed by atoms with van der Waals surface area (Å²) in [5.74, 6) is 0. The molecule has 0 aliphatic heterocycles. The molecule has 0 atom stereocenters. The van der Waals surface area contributed by atoms with Gasteiger partial charge in [-0.3, -0.25) is 0 Å². The number of nitro benzene ring substituents is 3. The number of nitrogens with zero attached hydrogens (tertiary/aromatic N) is 4. The molecule has 0 aliphatic rings. The summed E-state index contributed by atoms with van der Waals surface area (Å²) < 4.78 is 28.9. The van der Waals surface area contributed by atoms with Crippen molar-refractivity contribution in [1.82, 2.24) is 4.31 Å². The Balaban J connectivity index is 2.08. The van der Waals surface area contributed by atoms with E-state index < -0.39 is 64.0 Å². The number of nitro groups is 3. The van der Waals surface area contributed by atoms with Gasteiger partial charge in [-0.05, 0) is 0 Å². The standard InChI is InChI=1S/3C10H6NO2.C3H8NO2S.Sn/c3*12-11(13)10-6-5-8-3-1-2-4-9(8)7-10;1-4(2)7(3,5)6;/h3*1-6H;3H2,1-2H3;. The molecule has 47 heavy (non-hydrogen) atoms. The summed E-state index contributed by atoms with van der Waals surface area (Å²) in [6.07, 6.45) is 0. The molecular weight excluding hydrogens is 731 g/mol. The van der Waals surface area contributed by atoms with E-state index in [9.17, 15) is 38.8 Å². The first-order valence-corrected chi connectivity index (χ1v) is 22.2. The predicted molar refractivity (Wildman–Crippen MR) is 184 cm³/mol. The van der Waals surface area contributed by atoms with Crippen molar-refractivity contribution in [3.05, 3.63) is 140 Å². The molecule has 0 N–H and O–H groups in total. The van der Waals surface area contributed by atoms with E-state index in [-0.39, 0.29) is 10.7 Å². The van der Waals surface area contributed by atoms with Crippen molar-refractivity contribution in [2.75, 3.05) is 17.9 Å². The van der Waals surface area contributed by atoms with Gasteiger partial charge in [0.05, 0.1) is 0 Å². The third-order valence-corrected chi connectivity index (χ3v) is 29.1. The maximum atomic E-state index is 14.4. The van der Waals surface area contributed by atoms with E-state index in [0.717, 1.165) is 4.31 Å². The molecule has 14 heteroatoms. The summed E-state index contributed by atoms with van der Waals surface area (Å²) in [5.41, 5.74) is -1.38. The topological polar surface area (TPSA) is 167 Å². The molecule has 0 saturated heterocycles. The van der Waals surface area contributed by atoms with Crippen LogP contribution in [0, 0.1) is 30.3 Å². The average molecular weight is 757 g/mol. The van der Waals surface area contributed by atoms with Crippen LogP contribution >= 0.6 is 0 Å². The zero-order valence-corrected chi connectivity index (χ0v) is 28.7. The third-order valence-electron chi connectivity index (χ3n) is 8.55. The number of rotatable bonds is 9. The van der Waals surface area contributed by atoms with Gasteiger partial charge in [-0.15, -0.1) is 0 Å². The fourth-order valence-corrected chi connectivity index (χ4v) is 31.7. The Labute approximate surface area is 272 Å². The van der Waals surface area contributed by atoms with Gasteiger partial charge in [0, 0.05) is 0 Å². The molecule has 236 valence electrons. The molecule has 6 aromatic rings. The molecule has 0 amide bonds. The van der Waals surface area contributed by atoms with Gasteiger partial charge in [0.25, 0.3) is 0 Å². The quantitative estimate of drug-likeness (QED) is 0.116. The van der Waals surface area contributed by atoms with Crippen molar-refractivity contribution in [3.8, 4) is 0 Å². The summed E-state index contributed by atoms with van der Waals surface area (Å²) in [5, 5.41) is 41.6. The van der Waals surface area contributed by atoms with Crippen LogP contribution in [0.3, 0.4) is 0 Å². The summed E-state index contributed by atoms with van der Waals surface area (Å²) in [6.45, 7) is 0. The number of hydrogen-bond donors (Lipinski definition) is 0. The zero-order valence-electron chi connectivity index (χ0n) is 25.1. The van der Waals surface area contributed by atoms with Crippen LogP contribution in [0.25, 0.3) is 32.3 Å². The minimum atomic E-state index is -6.17. The maximum absolute atomic E-state index is 14.4. The Morgan fingerprint density at radius 2 is 0.830 bits per heavy atom. The Bertz CT molecular complexity index is 2160. The van der Waals surface area contributed by atoms with Crippen LogP contribution in [0.1, 0.15) is 0 Å². The van der Waals surface area contributed by atoms with E-state index in [1.54, 1.807) is 72.8 Å². The van der Waals surface area contributed by atoms with Crippen molar-refractivity contribution in [3.63, 3.8) is 0 Å². The van der Waals surface area contributed by atoms with Crippen LogP contribution in [-0.2, 0) is 10.0 Å². The Morgan fingerprint density at radius 1 is 0.532 bits per heavy atom. The van der Waals surface area contributed by atoms with Crippen LogP contribution in [-0.4, -0.2) is 63.7 Å². The molecule has 0 unspecified atom stereocenters. The molecule has 0 aromatic heterocycles. The van der Waals surface area contributed by atoms with Gasteiger partial charge in [0.2, 0.25) is 0 Å². The first kappa shape index (κ1) is 32.0. The van der Waals surface area contributed by atoms with E-state index >= 15 is 0 Å². The zero-order chi connectivity index (χ0) is 33.7. The molecule has 0 radical (unpaired) electrons. The van der Waals surface area contributed by atoms with Gasteiger partial charge in [0.1, 0.15) is 0 Å². The van der Waals surface area contributed by atoms with Crippen LogP contribution in [0.5, 0.6) is 0 Å². The van der Waals surface area contributed by atoms with E-state index in [1.807, 2.05) is 0 Å². The summed E-state index contributed by atoms with van der Waals surface area (Å²) in [7, 11) is -1.77. The number of sulfonamides is 1. The molecule has 6 rings (SSSR count). The third kappa shape index (κ3) is 5.25. The molecular formula is C33H26N4O8SSn. The Kier molecular flexibility index (Phi) is 8.15. The second-order valence-electron chi connectivity index (χ2n) is 11.3. The van der Waals surface area contributed by atoms with Gasteiger partial charge in [-0.25, -0.2) is 0 Å². The molecule has 6 aromatic carbocycles. The van der Waals surface area contributed by atoms with Crippen LogP contribution < -0.4 is 10.7 Å². The number of fused-ring (bicyclic) bond motifs is 3. The second-order valence-corrected chi connectivity index (χ2v) is 25.4. The second kappa shape index (κ2) is 12.0.